The molecule has 0 unspecified atom stereocenters. The molecule has 0 bridgehead atoms. The van der Waals surface area contributed by atoms with Crippen LogP contribution in [-0.2, 0) is 22.2 Å². The summed E-state index contributed by atoms with van der Waals surface area (Å²) >= 11 is 1.60. The minimum absolute atomic E-state index is 0.0161. The molecular formula is C24H20N4OS. The van der Waals surface area contributed by atoms with Crippen LogP contribution in [-0.4, -0.2) is 23.8 Å². The van der Waals surface area contributed by atoms with Crippen LogP contribution >= 0.6 is 11.3 Å². The molecule has 1 amide bonds. The molecule has 0 saturated carbocycles. The quantitative estimate of drug-likeness (QED) is 0.695. The standard InChI is InChI=1S/C24H20N4OS/c1-23(20-11-10-19(30-20)16-8-5-6-15(12-16)14-25)24(21(29)28(2)22(26)27-23)13-17-7-3-4-9-18(17)24/h3-12H,13H2,1-2H3,(H2,26,27)/t23-,24+/m0/s1. The lowest BCUT2D eigenvalue weighted by Crippen LogP contribution is -2.67. The number of nitrogens with zero attached hydrogens (tertiary/aromatic N) is 3. The van der Waals surface area contributed by atoms with Crippen molar-refractivity contribution in [1.82, 2.24) is 4.90 Å². The molecule has 0 fully saturated rings. The van der Waals surface area contributed by atoms with Crippen LogP contribution < -0.4 is 5.73 Å². The molecule has 148 valence electrons. The van der Waals surface area contributed by atoms with Crippen LogP contribution in [0.5, 0.6) is 0 Å². The fraction of sp³-hybridized carbons (Fsp3) is 0.208. The molecule has 5 rings (SSSR count). The zero-order valence-corrected chi connectivity index (χ0v) is 17.5. The van der Waals surface area contributed by atoms with E-state index in [2.05, 4.69) is 12.1 Å². The predicted molar refractivity (Wildman–Crippen MR) is 118 cm³/mol. The van der Waals surface area contributed by atoms with Gasteiger partial charge in [0.2, 0.25) is 5.91 Å². The summed E-state index contributed by atoms with van der Waals surface area (Å²) < 4.78 is 0. The van der Waals surface area contributed by atoms with Crippen LogP contribution in [0.15, 0.2) is 65.7 Å². The third-order valence-corrected chi connectivity index (χ3v) is 7.82. The zero-order valence-electron chi connectivity index (χ0n) is 16.7. The van der Waals surface area contributed by atoms with Gasteiger partial charge in [-0.05, 0) is 54.3 Å². The van der Waals surface area contributed by atoms with Crippen LogP contribution in [0.3, 0.4) is 0 Å². The second-order valence-electron chi connectivity index (χ2n) is 8.00. The molecule has 2 atom stereocenters. The number of carbonyl (C=O) groups is 1. The summed E-state index contributed by atoms with van der Waals surface area (Å²) in [5.74, 6) is 0.219. The highest BCUT2D eigenvalue weighted by Crippen LogP contribution is 2.58. The Morgan fingerprint density at radius 2 is 1.97 bits per heavy atom. The average molecular weight is 413 g/mol. The van der Waals surface area contributed by atoms with Gasteiger partial charge in [0, 0.05) is 16.8 Å². The number of hydrogen-bond donors (Lipinski definition) is 1. The first-order valence-corrected chi connectivity index (χ1v) is 10.5. The third-order valence-electron chi connectivity index (χ3n) is 6.48. The Balaban J connectivity index is 1.68. The third kappa shape index (κ3) is 2.27. The first-order chi connectivity index (χ1) is 14.4. The molecule has 5 nitrogen and oxygen atoms in total. The number of thiophene rings is 1. The summed E-state index contributed by atoms with van der Waals surface area (Å²) in [6.07, 6.45) is 0.636. The minimum Gasteiger partial charge on any atom is -0.369 e. The SMILES string of the molecule is CN1C(=O)[C@]2(Cc3ccccc32)[C@](C)(c2ccc(-c3cccc(C#N)c3)s2)N=C1N. The number of aliphatic imine (C=N–C) groups is 1. The fourth-order valence-corrected chi connectivity index (χ4v) is 5.92. The number of nitriles is 1. The summed E-state index contributed by atoms with van der Waals surface area (Å²) in [5, 5.41) is 9.22. The van der Waals surface area contributed by atoms with E-state index in [-0.39, 0.29) is 11.9 Å². The molecule has 2 N–H and O–H groups in total. The van der Waals surface area contributed by atoms with E-state index >= 15 is 0 Å². The number of guanidine groups is 1. The van der Waals surface area contributed by atoms with Crippen molar-refractivity contribution in [2.45, 2.75) is 24.3 Å². The summed E-state index contributed by atoms with van der Waals surface area (Å²) in [4.78, 5) is 22.0. The Labute approximate surface area is 179 Å². The second kappa shape index (κ2) is 6.28. The number of likely N-dealkylation sites (N-methyl/N-ethyl adjacent to an activating group) is 1. The molecule has 1 aliphatic carbocycles. The van der Waals surface area contributed by atoms with Crippen LogP contribution in [0, 0.1) is 11.3 Å². The summed E-state index contributed by atoms with van der Waals surface area (Å²) in [6.45, 7) is 2.02. The highest BCUT2D eigenvalue weighted by atomic mass is 32.1. The van der Waals surface area contributed by atoms with Crippen LogP contribution in [0.1, 0.15) is 28.5 Å². The van der Waals surface area contributed by atoms with Crippen molar-refractivity contribution < 1.29 is 4.79 Å². The van der Waals surface area contributed by atoms with Gasteiger partial charge in [0.1, 0.15) is 11.0 Å². The number of carbonyl (C=O) groups excluding carboxylic acids is 1. The highest BCUT2D eigenvalue weighted by Gasteiger charge is 2.65. The van der Waals surface area contributed by atoms with Crippen molar-refractivity contribution in [1.29, 1.82) is 5.26 Å². The van der Waals surface area contributed by atoms with Gasteiger partial charge in [-0.2, -0.15) is 5.26 Å². The van der Waals surface area contributed by atoms with Crippen molar-refractivity contribution >= 4 is 23.2 Å². The molecule has 3 aromatic rings. The van der Waals surface area contributed by atoms with E-state index in [4.69, 9.17) is 10.7 Å². The van der Waals surface area contributed by atoms with Crippen molar-refractivity contribution in [2.24, 2.45) is 10.7 Å². The molecule has 0 saturated heterocycles. The van der Waals surface area contributed by atoms with E-state index in [1.807, 2.05) is 55.5 Å². The summed E-state index contributed by atoms with van der Waals surface area (Å²) in [5.41, 5.74) is 8.42. The minimum atomic E-state index is -0.801. The van der Waals surface area contributed by atoms with Gasteiger partial charge < -0.3 is 5.73 Å². The Morgan fingerprint density at radius 1 is 1.17 bits per heavy atom. The molecular weight excluding hydrogens is 392 g/mol. The molecule has 6 heteroatoms. The lowest BCUT2D eigenvalue weighted by Gasteiger charge is -2.55. The molecule has 2 heterocycles. The van der Waals surface area contributed by atoms with E-state index in [1.165, 1.54) is 10.5 Å². The summed E-state index contributed by atoms with van der Waals surface area (Å²) in [6, 6.07) is 21.9. The number of amides is 1. The van der Waals surface area contributed by atoms with Gasteiger partial charge in [0.15, 0.2) is 5.96 Å². The molecule has 1 spiro atoms. The maximum Gasteiger partial charge on any atom is 0.242 e. The second-order valence-corrected chi connectivity index (χ2v) is 9.09. The number of fused-ring (bicyclic) bond motifs is 2. The monoisotopic (exact) mass is 412 g/mol. The molecule has 0 radical (unpaired) electrons. The Morgan fingerprint density at radius 3 is 2.73 bits per heavy atom. The van der Waals surface area contributed by atoms with Gasteiger partial charge in [-0.25, -0.2) is 4.99 Å². The van der Waals surface area contributed by atoms with Crippen LogP contribution in [0.4, 0.5) is 0 Å². The van der Waals surface area contributed by atoms with E-state index in [0.717, 1.165) is 20.9 Å². The van der Waals surface area contributed by atoms with Crippen molar-refractivity contribution in [3.05, 3.63) is 82.2 Å². The number of benzene rings is 2. The Hall–Kier alpha value is -3.43. The molecule has 30 heavy (non-hydrogen) atoms. The van der Waals surface area contributed by atoms with Gasteiger partial charge in [0.25, 0.3) is 0 Å². The predicted octanol–water partition coefficient (Wildman–Crippen LogP) is 3.78. The first kappa shape index (κ1) is 18.6. The van der Waals surface area contributed by atoms with Crippen LogP contribution in [0.25, 0.3) is 10.4 Å². The molecule has 1 aliphatic heterocycles. The average Bonchev–Trinajstić information content (AvgIpc) is 3.24. The zero-order chi connectivity index (χ0) is 21.1. The maximum atomic E-state index is 13.6. The fourth-order valence-electron chi connectivity index (χ4n) is 4.75. The lowest BCUT2D eigenvalue weighted by molar-refractivity contribution is -0.138. The van der Waals surface area contributed by atoms with Gasteiger partial charge in [-0.3, -0.25) is 9.69 Å². The lowest BCUT2D eigenvalue weighted by atomic mass is 9.53. The normalized spacial score (nSPS) is 24.8. The number of nitrogens with two attached hydrogens (primary N) is 1. The van der Waals surface area contributed by atoms with Gasteiger partial charge in [-0.1, -0.05) is 36.4 Å². The van der Waals surface area contributed by atoms with E-state index < -0.39 is 11.0 Å². The van der Waals surface area contributed by atoms with Gasteiger partial charge in [0.05, 0.1) is 11.6 Å². The van der Waals surface area contributed by atoms with E-state index in [9.17, 15) is 10.1 Å². The summed E-state index contributed by atoms with van der Waals surface area (Å²) in [7, 11) is 1.69. The topological polar surface area (TPSA) is 82.5 Å². The van der Waals surface area contributed by atoms with Crippen LogP contribution in [0.2, 0.25) is 0 Å². The van der Waals surface area contributed by atoms with Gasteiger partial charge >= 0.3 is 0 Å². The largest absolute Gasteiger partial charge is 0.369 e. The number of hydrogen-bond acceptors (Lipinski definition) is 5. The number of rotatable bonds is 2. The first-order valence-electron chi connectivity index (χ1n) is 9.73. The smallest absolute Gasteiger partial charge is 0.242 e. The highest BCUT2D eigenvalue weighted by molar-refractivity contribution is 7.15. The van der Waals surface area contributed by atoms with Gasteiger partial charge in [-0.15, -0.1) is 11.3 Å². The van der Waals surface area contributed by atoms with Crippen molar-refractivity contribution in [2.75, 3.05) is 7.05 Å². The van der Waals surface area contributed by atoms with Crippen molar-refractivity contribution in [3.63, 3.8) is 0 Å². The Bertz CT molecular complexity index is 1270. The van der Waals surface area contributed by atoms with E-state index in [1.54, 1.807) is 24.5 Å². The van der Waals surface area contributed by atoms with E-state index in [0.29, 0.717) is 12.0 Å². The Kier molecular flexibility index (Phi) is 3.89. The maximum absolute atomic E-state index is 13.6. The van der Waals surface area contributed by atoms with Crippen molar-refractivity contribution in [3.8, 4) is 16.5 Å². The molecule has 1 aromatic heterocycles. The molecule has 2 aromatic carbocycles. The molecule has 2 aliphatic rings.